The Hall–Kier alpha value is -1.62. The number of para-hydroxylation sites is 1. The van der Waals surface area contributed by atoms with Crippen LogP contribution in [0.25, 0.3) is 10.9 Å². The van der Waals surface area contributed by atoms with Crippen LogP contribution in [-0.4, -0.2) is 39.6 Å². The van der Waals surface area contributed by atoms with Crippen molar-refractivity contribution in [1.29, 1.82) is 0 Å². The van der Waals surface area contributed by atoms with Crippen molar-refractivity contribution in [1.82, 2.24) is 14.9 Å². The predicted octanol–water partition coefficient (Wildman–Crippen LogP) is 3.54. The molecule has 1 heterocycles. The van der Waals surface area contributed by atoms with Gasteiger partial charge in [0.1, 0.15) is 10.9 Å². The smallest absolute Gasteiger partial charge is 0.232 e. The number of hydrogen-bond donors (Lipinski definition) is 0. The van der Waals surface area contributed by atoms with Gasteiger partial charge in [-0.25, -0.2) is 9.97 Å². The molecule has 1 aromatic heterocycles. The van der Waals surface area contributed by atoms with Crippen LogP contribution in [0.3, 0.4) is 0 Å². The molecule has 0 atom stereocenters. The summed E-state index contributed by atoms with van der Waals surface area (Å²) in [6, 6.07) is 8.00. The molecule has 1 amide bonds. The average molecular weight is 317 g/mol. The van der Waals surface area contributed by atoms with Crippen LogP contribution in [0.5, 0.6) is 0 Å². The fourth-order valence-corrected chi connectivity index (χ4v) is 3.28. The van der Waals surface area contributed by atoms with E-state index in [0.29, 0.717) is 5.75 Å². The quantitative estimate of drug-likeness (QED) is 0.579. The summed E-state index contributed by atoms with van der Waals surface area (Å²) in [6.07, 6.45) is 1.88. The Balaban J connectivity index is 2.23. The van der Waals surface area contributed by atoms with Crippen molar-refractivity contribution in [2.75, 3.05) is 18.8 Å². The minimum Gasteiger partial charge on any atom is -0.343 e. The van der Waals surface area contributed by atoms with Crippen LogP contribution >= 0.6 is 11.8 Å². The third kappa shape index (κ3) is 3.97. The molecular weight excluding hydrogens is 294 g/mol. The van der Waals surface area contributed by atoms with Gasteiger partial charge in [-0.3, -0.25) is 4.79 Å². The van der Waals surface area contributed by atoms with Gasteiger partial charge in [0.25, 0.3) is 0 Å². The first kappa shape index (κ1) is 16.7. The van der Waals surface area contributed by atoms with Crippen LogP contribution < -0.4 is 0 Å². The fraction of sp³-hybridized carbons (Fsp3) is 0.471. The predicted molar refractivity (Wildman–Crippen MR) is 92.2 cm³/mol. The Labute approximate surface area is 136 Å². The SMILES string of the molecule is CCCc1nc(SCC(=O)N(CC)CC)c2ccccc2n1. The molecule has 0 saturated heterocycles. The van der Waals surface area contributed by atoms with Crippen LogP contribution in [-0.2, 0) is 11.2 Å². The number of amides is 1. The Morgan fingerprint density at radius 3 is 2.55 bits per heavy atom. The molecule has 1 aromatic carbocycles. The number of fused-ring (bicyclic) bond motifs is 1. The zero-order valence-corrected chi connectivity index (χ0v) is 14.3. The molecule has 0 N–H and O–H groups in total. The highest BCUT2D eigenvalue weighted by molar-refractivity contribution is 8.00. The minimum absolute atomic E-state index is 0.162. The van der Waals surface area contributed by atoms with E-state index in [1.165, 1.54) is 11.8 Å². The van der Waals surface area contributed by atoms with E-state index in [1.807, 2.05) is 43.0 Å². The number of nitrogens with zero attached hydrogens (tertiary/aromatic N) is 3. The van der Waals surface area contributed by atoms with Crippen molar-refractivity contribution in [3.05, 3.63) is 30.1 Å². The second-order valence-corrected chi connectivity index (χ2v) is 6.03. The first-order valence-electron chi connectivity index (χ1n) is 7.85. The van der Waals surface area contributed by atoms with E-state index in [1.54, 1.807) is 0 Å². The largest absolute Gasteiger partial charge is 0.343 e. The molecule has 0 aliphatic rings. The van der Waals surface area contributed by atoms with Crippen molar-refractivity contribution in [2.45, 2.75) is 38.6 Å². The summed E-state index contributed by atoms with van der Waals surface area (Å²) in [5, 5.41) is 1.94. The number of aryl methyl sites for hydroxylation is 1. The van der Waals surface area contributed by atoms with Gasteiger partial charge in [-0.2, -0.15) is 0 Å². The highest BCUT2D eigenvalue weighted by Crippen LogP contribution is 2.25. The van der Waals surface area contributed by atoms with Crippen LogP contribution in [0.4, 0.5) is 0 Å². The molecule has 22 heavy (non-hydrogen) atoms. The third-order valence-corrected chi connectivity index (χ3v) is 4.51. The molecule has 0 unspecified atom stereocenters. The van der Waals surface area contributed by atoms with Gasteiger partial charge in [-0.05, 0) is 26.3 Å². The standard InChI is InChI=1S/C17H23N3OS/c1-4-9-15-18-14-11-8-7-10-13(14)17(19-15)22-12-16(21)20(5-2)6-3/h7-8,10-11H,4-6,9,12H2,1-3H3. The maximum atomic E-state index is 12.2. The Bertz CT molecular complexity index is 641. The van der Waals surface area contributed by atoms with Crippen molar-refractivity contribution < 1.29 is 4.79 Å². The summed E-state index contributed by atoms with van der Waals surface area (Å²) in [5.74, 6) is 1.45. The third-order valence-electron chi connectivity index (χ3n) is 3.54. The summed E-state index contributed by atoms with van der Waals surface area (Å²) < 4.78 is 0. The van der Waals surface area contributed by atoms with Crippen LogP contribution in [0.2, 0.25) is 0 Å². The summed E-state index contributed by atoms with van der Waals surface area (Å²) in [4.78, 5) is 23.3. The van der Waals surface area contributed by atoms with E-state index < -0.39 is 0 Å². The Morgan fingerprint density at radius 2 is 1.86 bits per heavy atom. The molecule has 0 aliphatic heterocycles. The summed E-state index contributed by atoms with van der Waals surface area (Å²) in [7, 11) is 0. The zero-order chi connectivity index (χ0) is 15.9. The first-order chi connectivity index (χ1) is 10.7. The highest BCUT2D eigenvalue weighted by Gasteiger charge is 2.13. The van der Waals surface area contributed by atoms with E-state index in [-0.39, 0.29) is 5.91 Å². The van der Waals surface area contributed by atoms with E-state index in [4.69, 9.17) is 0 Å². The molecule has 118 valence electrons. The van der Waals surface area contributed by atoms with E-state index in [0.717, 1.165) is 47.7 Å². The normalized spacial score (nSPS) is 10.9. The van der Waals surface area contributed by atoms with Crippen LogP contribution in [0.1, 0.15) is 33.0 Å². The average Bonchev–Trinajstić information content (AvgIpc) is 2.54. The van der Waals surface area contributed by atoms with Crippen molar-refractivity contribution >= 4 is 28.6 Å². The molecule has 4 nitrogen and oxygen atoms in total. The van der Waals surface area contributed by atoms with E-state index >= 15 is 0 Å². The first-order valence-corrected chi connectivity index (χ1v) is 8.84. The van der Waals surface area contributed by atoms with Crippen LogP contribution in [0, 0.1) is 0 Å². The van der Waals surface area contributed by atoms with Gasteiger partial charge in [0, 0.05) is 24.9 Å². The molecule has 0 bridgehead atoms. The summed E-state index contributed by atoms with van der Waals surface area (Å²) >= 11 is 1.51. The lowest BCUT2D eigenvalue weighted by atomic mass is 10.2. The number of carbonyl (C=O) groups is 1. The Kier molecular flexibility index (Phi) is 6.19. The van der Waals surface area contributed by atoms with Crippen molar-refractivity contribution in [3.8, 4) is 0 Å². The van der Waals surface area contributed by atoms with Gasteiger partial charge < -0.3 is 4.90 Å². The van der Waals surface area contributed by atoms with Gasteiger partial charge in [-0.15, -0.1) is 0 Å². The van der Waals surface area contributed by atoms with Gasteiger partial charge in [0.15, 0.2) is 0 Å². The molecule has 2 aromatic rings. The topological polar surface area (TPSA) is 46.1 Å². The number of benzene rings is 1. The molecule has 5 heteroatoms. The maximum Gasteiger partial charge on any atom is 0.232 e. The lowest BCUT2D eigenvalue weighted by Crippen LogP contribution is -2.31. The van der Waals surface area contributed by atoms with Gasteiger partial charge in [0.2, 0.25) is 5.91 Å². The molecule has 2 rings (SSSR count). The summed E-state index contributed by atoms with van der Waals surface area (Å²) in [6.45, 7) is 7.63. The number of thioether (sulfide) groups is 1. The molecule has 0 radical (unpaired) electrons. The molecule has 0 fully saturated rings. The van der Waals surface area contributed by atoms with Gasteiger partial charge in [0.05, 0.1) is 11.3 Å². The maximum absolute atomic E-state index is 12.2. The highest BCUT2D eigenvalue weighted by atomic mass is 32.2. The van der Waals surface area contributed by atoms with Crippen LogP contribution in [0.15, 0.2) is 29.3 Å². The lowest BCUT2D eigenvalue weighted by molar-refractivity contribution is -0.127. The number of hydrogen-bond acceptors (Lipinski definition) is 4. The van der Waals surface area contributed by atoms with Crippen molar-refractivity contribution in [3.63, 3.8) is 0 Å². The number of aromatic nitrogens is 2. The minimum atomic E-state index is 0.162. The Morgan fingerprint density at radius 1 is 1.14 bits per heavy atom. The zero-order valence-electron chi connectivity index (χ0n) is 13.5. The number of carbonyl (C=O) groups excluding carboxylic acids is 1. The van der Waals surface area contributed by atoms with E-state index in [2.05, 4.69) is 16.9 Å². The molecular formula is C17H23N3OS. The second kappa shape index (κ2) is 8.13. The summed E-state index contributed by atoms with van der Waals surface area (Å²) in [5.41, 5.74) is 0.957. The number of rotatable bonds is 7. The molecule has 0 saturated carbocycles. The monoisotopic (exact) mass is 317 g/mol. The lowest BCUT2D eigenvalue weighted by Gasteiger charge is -2.18. The fourth-order valence-electron chi connectivity index (χ4n) is 2.34. The molecule has 0 spiro atoms. The van der Waals surface area contributed by atoms with Crippen molar-refractivity contribution in [2.24, 2.45) is 0 Å². The second-order valence-electron chi connectivity index (χ2n) is 5.07. The van der Waals surface area contributed by atoms with E-state index in [9.17, 15) is 4.79 Å². The molecule has 0 aliphatic carbocycles. The van der Waals surface area contributed by atoms with Gasteiger partial charge >= 0.3 is 0 Å². The van der Waals surface area contributed by atoms with Gasteiger partial charge in [-0.1, -0.05) is 36.9 Å².